The zero-order chi connectivity index (χ0) is 33.8. The number of amides is 2. The Morgan fingerprint density at radius 3 is 2.55 bits per heavy atom. The summed E-state index contributed by atoms with van der Waals surface area (Å²) in [5, 5.41) is 16.6. The highest BCUT2D eigenvalue weighted by Crippen LogP contribution is 2.57. The highest BCUT2D eigenvalue weighted by molar-refractivity contribution is 5.95. The van der Waals surface area contributed by atoms with Gasteiger partial charge >= 0.3 is 0 Å². The second-order valence-corrected chi connectivity index (χ2v) is 15.0. The molecule has 0 unspecified atom stereocenters. The number of hydrogen-bond acceptors (Lipinski definition) is 5. The molecular formula is C38H56N6O3. The minimum Gasteiger partial charge on any atom is -0.508 e. The van der Waals surface area contributed by atoms with Crippen LogP contribution in [0.1, 0.15) is 89.3 Å². The van der Waals surface area contributed by atoms with Crippen LogP contribution in [-0.2, 0) is 26.8 Å². The van der Waals surface area contributed by atoms with Gasteiger partial charge in [-0.2, -0.15) is 0 Å². The SMILES string of the molecule is CC(C)C[C@@H](NC(=O)[C@@]1(c2ccccc2)C[C@H]1CN1CC[C@@]2(C)c3cc(O)ccc3C[C@@H]1[C@@H]2C)C(=O)NCCCCCCN=C(N)N. The number of nitrogens with one attached hydrogen (secondary N) is 2. The molecule has 2 aromatic rings. The summed E-state index contributed by atoms with van der Waals surface area (Å²) in [4.78, 5) is 34.4. The Kier molecular flexibility index (Phi) is 10.8. The molecule has 9 nitrogen and oxygen atoms in total. The molecule has 1 heterocycles. The number of aliphatic imine (C=N–C) groups is 1. The van der Waals surface area contributed by atoms with Crippen LogP contribution in [0.15, 0.2) is 53.5 Å². The predicted molar refractivity (Wildman–Crippen MR) is 188 cm³/mol. The number of carbonyl (C=O) groups excluding carboxylic acids is 2. The Hall–Kier alpha value is -3.59. The highest BCUT2D eigenvalue weighted by atomic mass is 16.3. The van der Waals surface area contributed by atoms with Crippen LogP contribution in [0.3, 0.4) is 0 Å². The maximum absolute atomic E-state index is 14.4. The van der Waals surface area contributed by atoms with Crippen molar-refractivity contribution in [3.63, 3.8) is 0 Å². The van der Waals surface area contributed by atoms with Crippen molar-refractivity contribution < 1.29 is 14.7 Å². The molecule has 7 N–H and O–H groups in total. The molecule has 2 aliphatic carbocycles. The molecular weight excluding hydrogens is 588 g/mol. The van der Waals surface area contributed by atoms with Crippen molar-refractivity contribution in [2.24, 2.45) is 34.2 Å². The number of phenolic OH excluding ortho intramolecular Hbond substituents is 1. The van der Waals surface area contributed by atoms with Crippen molar-refractivity contribution >= 4 is 17.8 Å². The number of guanidine groups is 1. The summed E-state index contributed by atoms with van der Waals surface area (Å²) in [5.74, 6) is 1.18. The largest absolute Gasteiger partial charge is 0.508 e. The molecule has 2 amide bonds. The standard InChI is InChI=1S/C38H56N6O3/c1-25(2)20-32(34(46)41-17-10-5-6-11-18-42-36(39)40)43-35(47)38(28-12-8-7-9-13-28)23-29(38)24-44-19-16-37(4)26(3)33(44)21-27-14-15-30(45)22-31(27)37/h7-9,12-15,22,25-26,29,32-33,45H,5-6,10-11,16-21,23-24H2,1-4H3,(H,41,46)(H,43,47)(H4,39,40,42)/t26-,29-,32+,33+,37+,38+/m0/s1. The fraction of sp³-hybridized carbons (Fsp3) is 0.605. The van der Waals surface area contributed by atoms with E-state index >= 15 is 0 Å². The van der Waals surface area contributed by atoms with Crippen LogP contribution in [0.2, 0.25) is 0 Å². The lowest BCUT2D eigenvalue weighted by Crippen LogP contribution is -2.58. The summed E-state index contributed by atoms with van der Waals surface area (Å²) in [6.45, 7) is 11.9. The van der Waals surface area contributed by atoms with Gasteiger partial charge in [0.15, 0.2) is 5.96 Å². The van der Waals surface area contributed by atoms with Gasteiger partial charge in [-0.1, -0.05) is 76.9 Å². The van der Waals surface area contributed by atoms with Crippen LogP contribution in [0.4, 0.5) is 0 Å². The van der Waals surface area contributed by atoms with Crippen molar-refractivity contribution in [1.29, 1.82) is 0 Å². The van der Waals surface area contributed by atoms with Crippen LogP contribution in [0.25, 0.3) is 0 Å². The predicted octanol–water partition coefficient (Wildman–Crippen LogP) is 4.36. The van der Waals surface area contributed by atoms with Crippen molar-refractivity contribution in [2.45, 2.75) is 102 Å². The van der Waals surface area contributed by atoms with E-state index in [0.717, 1.165) is 63.6 Å². The topological polar surface area (TPSA) is 146 Å². The van der Waals surface area contributed by atoms with Crippen molar-refractivity contribution in [2.75, 3.05) is 26.2 Å². The van der Waals surface area contributed by atoms with Gasteiger partial charge in [-0.05, 0) is 97.1 Å². The Balaban J connectivity index is 1.25. The first-order valence-electron chi connectivity index (χ1n) is 17.7. The van der Waals surface area contributed by atoms with E-state index in [4.69, 9.17) is 11.5 Å². The monoisotopic (exact) mass is 644 g/mol. The lowest BCUT2D eigenvalue weighted by molar-refractivity contribution is -0.131. The van der Waals surface area contributed by atoms with Gasteiger partial charge in [-0.3, -0.25) is 19.5 Å². The summed E-state index contributed by atoms with van der Waals surface area (Å²) in [7, 11) is 0. The van der Waals surface area contributed by atoms with Crippen molar-refractivity contribution in [3.05, 3.63) is 65.2 Å². The number of rotatable bonds is 15. The molecule has 2 bridgehead atoms. The maximum atomic E-state index is 14.4. The van der Waals surface area contributed by atoms with Crippen LogP contribution < -0.4 is 22.1 Å². The minimum absolute atomic E-state index is 0.0238. The van der Waals surface area contributed by atoms with E-state index in [1.807, 2.05) is 30.3 Å². The zero-order valence-corrected chi connectivity index (χ0v) is 28.8. The third-order valence-corrected chi connectivity index (χ3v) is 11.4. The van der Waals surface area contributed by atoms with Gasteiger partial charge in [0.05, 0.1) is 5.41 Å². The number of likely N-dealkylation sites (tertiary alicyclic amines) is 1. The summed E-state index contributed by atoms with van der Waals surface area (Å²) < 4.78 is 0. The lowest BCUT2D eigenvalue weighted by atomic mass is 9.59. The van der Waals surface area contributed by atoms with Crippen LogP contribution in [0, 0.1) is 17.8 Å². The third-order valence-electron chi connectivity index (χ3n) is 11.4. The molecule has 47 heavy (non-hydrogen) atoms. The van der Waals surface area contributed by atoms with E-state index in [9.17, 15) is 14.7 Å². The molecule has 0 aromatic heterocycles. The molecule has 6 atom stereocenters. The van der Waals surface area contributed by atoms with E-state index in [0.29, 0.717) is 37.2 Å². The van der Waals surface area contributed by atoms with Gasteiger partial charge in [-0.25, -0.2) is 0 Å². The quantitative estimate of drug-likeness (QED) is 0.111. The molecule has 3 aliphatic rings. The number of aromatic hydroxyl groups is 1. The molecule has 256 valence electrons. The number of unbranched alkanes of at least 4 members (excludes halogenated alkanes) is 3. The van der Waals surface area contributed by atoms with E-state index in [1.54, 1.807) is 0 Å². The van der Waals surface area contributed by atoms with E-state index in [2.05, 4.69) is 66.4 Å². The van der Waals surface area contributed by atoms with Gasteiger partial charge in [0.25, 0.3) is 0 Å². The van der Waals surface area contributed by atoms with Crippen LogP contribution in [0.5, 0.6) is 5.75 Å². The Morgan fingerprint density at radius 2 is 1.83 bits per heavy atom. The summed E-state index contributed by atoms with van der Waals surface area (Å²) in [6, 6.07) is 15.9. The second-order valence-electron chi connectivity index (χ2n) is 15.0. The molecule has 2 fully saturated rings. The van der Waals surface area contributed by atoms with Crippen LogP contribution >= 0.6 is 0 Å². The normalized spacial score (nSPS) is 27.0. The maximum Gasteiger partial charge on any atom is 0.242 e. The first-order chi connectivity index (χ1) is 22.5. The summed E-state index contributed by atoms with van der Waals surface area (Å²) >= 11 is 0. The molecule has 1 aliphatic heterocycles. The molecule has 1 saturated heterocycles. The molecule has 2 aromatic carbocycles. The fourth-order valence-electron chi connectivity index (χ4n) is 8.38. The molecule has 0 radical (unpaired) electrons. The number of carbonyl (C=O) groups is 2. The summed E-state index contributed by atoms with van der Waals surface area (Å²) in [6.07, 6.45) is 7.08. The average molecular weight is 645 g/mol. The number of phenols is 1. The smallest absolute Gasteiger partial charge is 0.242 e. The van der Waals surface area contributed by atoms with E-state index in [-0.39, 0.29) is 35.0 Å². The molecule has 5 rings (SSSR count). The van der Waals surface area contributed by atoms with Crippen LogP contribution in [-0.4, -0.2) is 66.0 Å². The summed E-state index contributed by atoms with van der Waals surface area (Å²) in [5.41, 5.74) is 13.8. The van der Waals surface area contributed by atoms with Gasteiger partial charge < -0.3 is 27.2 Å². The van der Waals surface area contributed by atoms with E-state index < -0.39 is 11.5 Å². The Labute approximate surface area is 281 Å². The number of nitrogens with two attached hydrogens (primary N) is 2. The number of piperidine rings is 1. The van der Waals surface area contributed by atoms with Crippen molar-refractivity contribution in [3.8, 4) is 5.75 Å². The second kappa shape index (κ2) is 14.7. The van der Waals surface area contributed by atoms with Crippen molar-refractivity contribution in [1.82, 2.24) is 15.5 Å². The molecule has 9 heteroatoms. The minimum atomic E-state index is -0.644. The number of hydrogen-bond donors (Lipinski definition) is 5. The number of benzene rings is 2. The zero-order valence-electron chi connectivity index (χ0n) is 28.8. The lowest BCUT2D eigenvalue weighted by Gasteiger charge is -2.55. The first kappa shape index (κ1) is 34.7. The van der Waals surface area contributed by atoms with E-state index in [1.165, 1.54) is 11.1 Å². The number of fused-ring (bicyclic) bond motifs is 4. The molecule has 1 saturated carbocycles. The first-order valence-corrected chi connectivity index (χ1v) is 17.7. The Morgan fingerprint density at radius 1 is 1.09 bits per heavy atom. The van der Waals surface area contributed by atoms with Gasteiger partial charge in [0.2, 0.25) is 11.8 Å². The average Bonchev–Trinajstić information content (AvgIpc) is 3.76. The fourth-order valence-corrected chi connectivity index (χ4v) is 8.38. The van der Waals surface area contributed by atoms with Gasteiger partial charge in [0, 0.05) is 25.7 Å². The number of nitrogens with zero attached hydrogens (tertiary/aromatic N) is 2. The Bertz CT molecular complexity index is 1430. The third kappa shape index (κ3) is 7.61. The highest BCUT2D eigenvalue weighted by Gasteiger charge is 2.62. The van der Waals surface area contributed by atoms with Gasteiger partial charge in [-0.15, -0.1) is 0 Å². The van der Waals surface area contributed by atoms with Gasteiger partial charge in [0.1, 0.15) is 11.8 Å². The molecule has 0 spiro atoms.